The molecule has 0 aliphatic rings. The zero-order valence-corrected chi connectivity index (χ0v) is 20.6. The molecule has 0 aliphatic heterocycles. The van der Waals surface area contributed by atoms with E-state index in [0.29, 0.717) is 31.9 Å². The number of halogens is 2. The largest absolute Gasteiger partial charge is 0.495 e. The van der Waals surface area contributed by atoms with Gasteiger partial charge in [0.15, 0.2) is 11.5 Å². The predicted molar refractivity (Wildman–Crippen MR) is 126 cm³/mol. The van der Waals surface area contributed by atoms with Crippen molar-refractivity contribution in [1.82, 2.24) is 5.32 Å². The van der Waals surface area contributed by atoms with Gasteiger partial charge in [0.25, 0.3) is 0 Å². The standard InChI is InChI=1S/C20H28N2O5S.BrH.ClH/c1-4-26-17-7-5-6-8-18(17)27-12-11-22-15(2)13-16-9-10-19(25-3)20(14-16)28(21,23)24;;/h5-10,14-15,22H,4,11-13H2,1-3H3,(H2,21,23,24);2*1H/t15-;;/m1../s1. The summed E-state index contributed by atoms with van der Waals surface area (Å²) < 4.78 is 39.9. The molecule has 3 N–H and O–H groups in total. The van der Waals surface area contributed by atoms with E-state index in [2.05, 4.69) is 5.32 Å². The van der Waals surface area contributed by atoms with Crippen molar-refractivity contribution in [1.29, 1.82) is 0 Å². The Balaban J connectivity index is 0.00000420. The van der Waals surface area contributed by atoms with Gasteiger partial charge in [-0.3, -0.25) is 0 Å². The third-order valence-corrected chi connectivity index (χ3v) is 5.01. The van der Waals surface area contributed by atoms with Crippen LogP contribution < -0.4 is 24.7 Å². The van der Waals surface area contributed by atoms with Crippen LogP contribution in [0.15, 0.2) is 47.4 Å². The van der Waals surface area contributed by atoms with Crippen LogP contribution in [0.2, 0.25) is 0 Å². The van der Waals surface area contributed by atoms with Crippen molar-refractivity contribution in [2.75, 3.05) is 26.9 Å². The van der Waals surface area contributed by atoms with Gasteiger partial charge in [0.2, 0.25) is 10.0 Å². The molecule has 0 saturated heterocycles. The Bertz CT molecular complexity index is 883. The minimum Gasteiger partial charge on any atom is -0.495 e. The summed E-state index contributed by atoms with van der Waals surface area (Å²) in [6.45, 7) is 5.66. The summed E-state index contributed by atoms with van der Waals surface area (Å²) in [6.07, 6.45) is 0.641. The number of benzene rings is 2. The first kappa shape index (κ1) is 28.5. The zero-order chi connectivity index (χ0) is 20.6. The van der Waals surface area contributed by atoms with Crippen molar-refractivity contribution in [2.24, 2.45) is 5.14 Å². The molecule has 1 atom stereocenters. The van der Waals surface area contributed by atoms with E-state index in [1.807, 2.05) is 44.2 Å². The molecule has 0 heterocycles. The van der Waals surface area contributed by atoms with Crippen LogP contribution in [0.4, 0.5) is 0 Å². The van der Waals surface area contributed by atoms with Crippen LogP contribution in [0, 0.1) is 0 Å². The van der Waals surface area contributed by atoms with E-state index in [4.69, 9.17) is 19.3 Å². The van der Waals surface area contributed by atoms with Crippen LogP contribution in [-0.2, 0) is 16.4 Å². The molecule has 0 aromatic heterocycles. The van der Waals surface area contributed by atoms with Gasteiger partial charge in [-0.15, -0.1) is 29.4 Å². The quantitative estimate of drug-likeness (QED) is 0.437. The maximum atomic E-state index is 11.7. The Morgan fingerprint density at radius 1 is 1.07 bits per heavy atom. The molecule has 2 aromatic rings. The van der Waals surface area contributed by atoms with Crippen LogP contribution in [0.25, 0.3) is 0 Å². The van der Waals surface area contributed by atoms with Crippen LogP contribution in [0.3, 0.4) is 0 Å². The van der Waals surface area contributed by atoms with Gasteiger partial charge in [0.05, 0.1) is 13.7 Å². The fraction of sp³-hybridized carbons (Fsp3) is 0.400. The van der Waals surface area contributed by atoms with E-state index in [1.54, 1.807) is 12.1 Å². The van der Waals surface area contributed by atoms with Crippen molar-refractivity contribution >= 4 is 39.4 Å². The second kappa shape index (κ2) is 13.7. The van der Waals surface area contributed by atoms with E-state index in [9.17, 15) is 8.42 Å². The van der Waals surface area contributed by atoms with Crippen LogP contribution in [0.1, 0.15) is 19.4 Å². The molecule has 0 spiro atoms. The number of para-hydroxylation sites is 2. The number of nitrogens with two attached hydrogens (primary N) is 1. The van der Waals surface area contributed by atoms with Gasteiger partial charge < -0.3 is 19.5 Å². The Morgan fingerprint density at radius 2 is 1.70 bits per heavy atom. The van der Waals surface area contributed by atoms with E-state index in [1.165, 1.54) is 7.11 Å². The second-order valence-corrected chi connectivity index (χ2v) is 7.85. The zero-order valence-electron chi connectivity index (χ0n) is 17.3. The van der Waals surface area contributed by atoms with Crippen molar-refractivity contribution in [3.05, 3.63) is 48.0 Å². The summed E-state index contributed by atoms with van der Waals surface area (Å²) in [5.74, 6) is 1.69. The molecule has 0 radical (unpaired) electrons. The highest BCUT2D eigenvalue weighted by Crippen LogP contribution is 2.26. The number of ether oxygens (including phenoxy) is 3. The van der Waals surface area contributed by atoms with Crippen LogP contribution in [-0.4, -0.2) is 41.3 Å². The Labute approximate surface area is 195 Å². The lowest BCUT2D eigenvalue weighted by Crippen LogP contribution is -2.32. The van der Waals surface area contributed by atoms with Crippen molar-refractivity contribution in [3.63, 3.8) is 0 Å². The number of sulfonamides is 1. The van der Waals surface area contributed by atoms with Gasteiger partial charge in [-0.25, -0.2) is 13.6 Å². The average Bonchev–Trinajstić information content (AvgIpc) is 2.66. The third kappa shape index (κ3) is 8.69. The Hall–Kier alpha value is -1.52. The van der Waals surface area contributed by atoms with Gasteiger partial charge in [0.1, 0.15) is 17.3 Å². The summed E-state index contributed by atoms with van der Waals surface area (Å²) in [5.41, 5.74) is 0.854. The van der Waals surface area contributed by atoms with Gasteiger partial charge in [-0.05, 0) is 50.1 Å². The number of primary sulfonamides is 1. The minimum atomic E-state index is -3.84. The molecular formula is C20H30BrClN2O5S. The molecule has 2 aromatic carbocycles. The molecular weight excluding hydrogens is 496 g/mol. The van der Waals surface area contributed by atoms with E-state index < -0.39 is 10.0 Å². The average molecular weight is 526 g/mol. The summed E-state index contributed by atoms with van der Waals surface area (Å²) in [7, 11) is -2.43. The van der Waals surface area contributed by atoms with Crippen molar-refractivity contribution in [2.45, 2.75) is 31.2 Å². The molecule has 2 rings (SSSR count). The third-order valence-electron chi connectivity index (χ3n) is 4.08. The van der Waals surface area contributed by atoms with Gasteiger partial charge >= 0.3 is 0 Å². The summed E-state index contributed by atoms with van der Waals surface area (Å²) >= 11 is 0. The van der Waals surface area contributed by atoms with Crippen molar-refractivity contribution < 1.29 is 22.6 Å². The lowest BCUT2D eigenvalue weighted by Gasteiger charge is -2.16. The maximum absolute atomic E-state index is 11.7. The van der Waals surface area contributed by atoms with Gasteiger partial charge in [0, 0.05) is 12.6 Å². The minimum absolute atomic E-state index is 0. The molecule has 0 fully saturated rings. The lowest BCUT2D eigenvalue weighted by atomic mass is 10.1. The topological polar surface area (TPSA) is 99.9 Å². The first-order valence-electron chi connectivity index (χ1n) is 9.13. The van der Waals surface area contributed by atoms with Crippen molar-refractivity contribution in [3.8, 4) is 17.2 Å². The number of methoxy groups -OCH3 is 1. The second-order valence-electron chi connectivity index (χ2n) is 6.32. The van der Waals surface area contributed by atoms with Crippen LogP contribution >= 0.6 is 29.4 Å². The Kier molecular flexibility index (Phi) is 13.0. The number of hydrogen-bond acceptors (Lipinski definition) is 6. The highest BCUT2D eigenvalue weighted by molar-refractivity contribution is 8.93. The van der Waals surface area contributed by atoms with E-state index in [-0.39, 0.29) is 46.1 Å². The molecule has 0 unspecified atom stereocenters. The summed E-state index contributed by atoms with van der Waals surface area (Å²) in [4.78, 5) is -0.00411. The number of nitrogens with one attached hydrogen (secondary N) is 1. The monoisotopic (exact) mass is 524 g/mol. The van der Waals surface area contributed by atoms with Gasteiger partial charge in [-0.2, -0.15) is 0 Å². The fourth-order valence-electron chi connectivity index (χ4n) is 2.81. The maximum Gasteiger partial charge on any atom is 0.241 e. The molecule has 0 amide bonds. The fourth-order valence-corrected chi connectivity index (χ4v) is 3.55. The highest BCUT2D eigenvalue weighted by Gasteiger charge is 2.16. The lowest BCUT2D eigenvalue weighted by molar-refractivity contribution is 0.272. The molecule has 170 valence electrons. The van der Waals surface area contributed by atoms with Crippen LogP contribution in [0.5, 0.6) is 17.2 Å². The molecule has 0 bridgehead atoms. The molecule has 0 saturated carbocycles. The van der Waals surface area contributed by atoms with E-state index in [0.717, 1.165) is 11.3 Å². The number of rotatable bonds is 11. The molecule has 0 aliphatic carbocycles. The summed E-state index contributed by atoms with van der Waals surface area (Å²) in [6, 6.07) is 12.7. The molecule has 7 nitrogen and oxygen atoms in total. The molecule has 10 heteroatoms. The van der Waals surface area contributed by atoms with Gasteiger partial charge in [-0.1, -0.05) is 18.2 Å². The smallest absolute Gasteiger partial charge is 0.241 e. The predicted octanol–water partition coefficient (Wildman–Crippen LogP) is 3.34. The SMILES string of the molecule is Br.CCOc1ccccc1OCCN[C@H](C)Cc1ccc(OC)c(S(N)(=O)=O)c1.Cl. The normalized spacial score (nSPS) is 11.6. The Morgan fingerprint density at radius 3 is 2.27 bits per heavy atom. The van der Waals surface area contributed by atoms with E-state index >= 15 is 0 Å². The highest BCUT2D eigenvalue weighted by atomic mass is 79.9. The first-order chi connectivity index (χ1) is 13.3. The molecule has 30 heavy (non-hydrogen) atoms. The summed E-state index contributed by atoms with van der Waals surface area (Å²) in [5, 5.41) is 8.63. The first-order valence-corrected chi connectivity index (χ1v) is 10.7. The number of hydrogen-bond donors (Lipinski definition) is 2.